The molecule has 1 aliphatic carbocycles. The largest absolute Gasteiger partial charge is 0.454 e. The Balaban J connectivity index is 1.89. The second-order valence-corrected chi connectivity index (χ2v) is 7.64. The first-order chi connectivity index (χ1) is 12.4. The summed E-state index contributed by atoms with van der Waals surface area (Å²) in [6.07, 6.45) is 2.31. The van der Waals surface area contributed by atoms with Crippen LogP contribution in [0.25, 0.3) is 10.8 Å². The Hall–Kier alpha value is -2.50. The number of carbonyl (C=O) groups is 1. The van der Waals surface area contributed by atoms with Gasteiger partial charge in [-0.15, -0.1) is 0 Å². The maximum Gasteiger partial charge on any atom is 0.323 e. The van der Waals surface area contributed by atoms with Gasteiger partial charge in [-0.3, -0.25) is 4.90 Å². The molecular weight excluding hydrogens is 330 g/mol. The fourth-order valence-corrected chi connectivity index (χ4v) is 3.31. The molecule has 6 nitrogen and oxygen atoms in total. The third-order valence-corrected chi connectivity index (χ3v) is 4.70. The molecule has 138 valence electrons. The zero-order chi connectivity index (χ0) is 18.4. The van der Waals surface area contributed by atoms with Gasteiger partial charge in [0.15, 0.2) is 11.5 Å². The van der Waals surface area contributed by atoms with Crippen LogP contribution in [0.4, 0.5) is 10.6 Å². The predicted octanol–water partition coefficient (Wildman–Crippen LogP) is 4.17. The molecule has 2 aromatic rings. The van der Waals surface area contributed by atoms with Crippen LogP contribution in [-0.4, -0.2) is 29.9 Å². The molecule has 0 bridgehead atoms. The van der Waals surface area contributed by atoms with E-state index in [9.17, 15) is 4.79 Å². The number of nitrogens with one attached hydrogen (secondary N) is 1. The Morgan fingerprint density at radius 3 is 2.46 bits per heavy atom. The molecule has 6 heteroatoms. The van der Waals surface area contributed by atoms with Gasteiger partial charge in [-0.2, -0.15) is 0 Å². The summed E-state index contributed by atoms with van der Waals surface area (Å²) in [5, 5.41) is 4.94. The molecule has 1 aromatic carbocycles. The second kappa shape index (κ2) is 6.34. The average Bonchev–Trinajstić information content (AvgIpc) is 3.31. The number of amides is 2. The molecule has 1 fully saturated rings. The maximum atomic E-state index is 12.9. The number of anilines is 1. The highest BCUT2D eigenvalue weighted by molar-refractivity contribution is 6.03. The summed E-state index contributed by atoms with van der Waals surface area (Å²) < 4.78 is 11.1. The van der Waals surface area contributed by atoms with E-state index in [1.807, 2.05) is 39.8 Å². The molecule has 4 rings (SSSR count). The number of carbonyl (C=O) groups excluding carboxylic acids is 1. The fraction of sp³-hybridized carbons (Fsp3) is 0.500. The van der Waals surface area contributed by atoms with E-state index in [4.69, 9.17) is 14.5 Å². The minimum Gasteiger partial charge on any atom is -0.454 e. The van der Waals surface area contributed by atoms with Crippen molar-refractivity contribution in [3.05, 3.63) is 23.9 Å². The summed E-state index contributed by atoms with van der Waals surface area (Å²) in [7, 11) is 0. The molecule has 1 aromatic heterocycles. The molecule has 2 heterocycles. The summed E-state index contributed by atoms with van der Waals surface area (Å²) >= 11 is 0. The summed E-state index contributed by atoms with van der Waals surface area (Å²) in [5.74, 6) is 2.63. The van der Waals surface area contributed by atoms with Crippen molar-refractivity contribution in [1.29, 1.82) is 0 Å². The van der Waals surface area contributed by atoms with Gasteiger partial charge in [0, 0.05) is 29.1 Å². The molecule has 2 amide bonds. The number of fused-ring (bicyclic) bond motifs is 2. The van der Waals surface area contributed by atoms with Crippen molar-refractivity contribution in [2.24, 2.45) is 0 Å². The van der Waals surface area contributed by atoms with Crippen molar-refractivity contribution in [2.75, 3.05) is 11.7 Å². The first-order valence-corrected chi connectivity index (χ1v) is 9.28. The van der Waals surface area contributed by atoms with Gasteiger partial charge in [-0.25, -0.2) is 9.78 Å². The van der Waals surface area contributed by atoms with Crippen LogP contribution in [-0.2, 0) is 0 Å². The molecule has 26 heavy (non-hydrogen) atoms. The highest BCUT2D eigenvalue weighted by atomic mass is 16.7. The number of hydrogen-bond acceptors (Lipinski definition) is 4. The minimum absolute atomic E-state index is 0.0238. The highest BCUT2D eigenvalue weighted by Gasteiger charge is 2.30. The van der Waals surface area contributed by atoms with Crippen molar-refractivity contribution in [3.63, 3.8) is 0 Å². The highest BCUT2D eigenvalue weighted by Crippen LogP contribution is 2.44. The summed E-state index contributed by atoms with van der Waals surface area (Å²) in [4.78, 5) is 19.5. The molecule has 1 saturated carbocycles. The lowest BCUT2D eigenvalue weighted by molar-refractivity contribution is 0.174. The van der Waals surface area contributed by atoms with E-state index in [0.29, 0.717) is 17.5 Å². The van der Waals surface area contributed by atoms with E-state index in [1.54, 1.807) is 4.90 Å². The van der Waals surface area contributed by atoms with Crippen LogP contribution in [0.15, 0.2) is 18.2 Å². The molecule has 1 aliphatic heterocycles. The van der Waals surface area contributed by atoms with Crippen molar-refractivity contribution < 1.29 is 14.3 Å². The van der Waals surface area contributed by atoms with Gasteiger partial charge in [-0.1, -0.05) is 0 Å². The number of rotatable bonds is 4. The van der Waals surface area contributed by atoms with E-state index in [2.05, 4.69) is 11.4 Å². The number of pyridine rings is 1. The van der Waals surface area contributed by atoms with Gasteiger partial charge in [0.2, 0.25) is 6.79 Å². The number of ether oxygens (including phenoxy) is 2. The first-order valence-electron chi connectivity index (χ1n) is 9.28. The van der Waals surface area contributed by atoms with E-state index in [1.165, 1.54) is 0 Å². The van der Waals surface area contributed by atoms with Crippen LogP contribution in [0.5, 0.6) is 11.5 Å². The van der Waals surface area contributed by atoms with E-state index in [0.717, 1.165) is 35.1 Å². The maximum absolute atomic E-state index is 12.9. The summed E-state index contributed by atoms with van der Waals surface area (Å²) in [5.41, 5.74) is 1.05. The van der Waals surface area contributed by atoms with Crippen LogP contribution in [0.2, 0.25) is 0 Å². The second-order valence-electron chi connectivity index (χ2n) is 7.64. The molecule has 1 N–H and O–H groups in total. The van der Waals surface area contributed by atoms with Crippen LogP contribution in [0, 0.1) is 0 Å². The summed E-state index contributed by atoms with van der Waals surface area (Å²) in [6, 6.07) is 5.96. The molecule has 0 saturated heterocycles. The summed E-state index contributed by atoms with van der Waals surface area (Å²) in [6.45, 7) is 8.15. The lowest BCUT2D eigenvalue weighted by Gasteiger charge is -2.28. The smallest absolute Gasteiger partial charge is 0.323 e. The Kier molecular flexibility index (Phi) is 4.13. The molecule has 0 atom stereocenters. The third kappa shape index (κ3) is 3.04. The number of aromatic nitrogens is 1. The lowest BCUT2D eigenvalue weighted by atomic mass is 10.1. The van der Waals surface area contributed by atoms with E-state index < -0.39 is 0 Å². The van der Waals surface area contributed by atoms with Crippen molar-refractivity contribution >= 4 is 22.6 Å². The van der Waals surface area contributed by atoms with E-state index in [-0.39, 0.29) is 24.9 Å². The van der Waals surface area contributed by atoms with Crippen LogP contribution < -0.4 is 19.7 Å². The Labute approximate surface area is 153 Å². The van der Waals surface area contributed by atoms with Crippen LogP contribution in [0.3, 0.4) is 0 Å². The predicted molar refractivity (Wildman–Crippen MR) is 101 cm³/mol. The van der Waals surface area contributed by atoms with Crippen LogP contribution in [0.1, 0.15) is 52.1 Å². The lowest BCUT2D eigenvalue weighted by Crippen LogP contribution is -2.47. The monoisotopic (exact) mass is 355 g/mol. The van der Waals surface area contributed by atoms with Gasteiger partial charge in [0.1, 0.15) is 5.82 Å². The van der Waals surface area contributed by atoms with Crippen molar-refractivity contribution in [3.8, 4) is 11.5 Å². The van der Waals surface area contributed by atoms with Crippen molar-refractivity contribution in [2.45, 2.75) is 58.5 Å². The number of benzene rings is 1. The average molecular weight is 355 g/mol. The molecule has 2 aliphatic rings. The SMILES string of the molecule is CC(C)NC(=O)N(c1nc(C2CC2)cc2cc3c(cc12)OCO3)C(C)C. The molecule has 0 unspecified atom stereocenters. The van der Waals surface area contributed by atoms with E-state index >= 15 is 0 Å². The number of hydrogen-bond donors (Lipinski definition) is 1. The fourth-order valence-electron chi connectivity index (χ4n) is 3.31. The minimum atomic E-state index is -0.130. The number of nitrogens with zero attached hydrogens (tertiary/aromatic N) is 2. The van der Waals surface area contributed by atoms with Gasteiger partial charge < -0.3 is 14.8 Å². The zero-order valence-electron chi connectivity index (χ0n) is 15.7. The van der Waals surface area contributed by atoms with Gasteiger partial charge >= 0.3 is 6.03 Å². The van der Waals surface area contributed by atoms with Crippen molar-refractivity contribution in [1.82, 2.24) is 10.3 Å². The quantitative estimate of drug-likeness (QED) is 0.894. The topological polar surface area (TPSA) is 63.7 Å². The number of urea groups is 1. The van der Waals surface area contributed by atoms with Gasteiger partial charge in [0.05, 0.1) is 0 Å². The molecule has 0 spiro atoms. The standard InChI is InChI=1S/C20H25N3O3/c1-11(2)21-20(24)23(12(3)4)19-15-9-18-17(25-10-26-18)8-14(15)7-16(22-19)13-5-6-13/h7-9,11-13H,5-6,10H2,1-4H3,(H,21,24). The molecule has 0 radical (unpaired) electrons. The van der Waals surface area contributed by atoms with Gasteiger partial charge in [-0.05, 0) is 64.1 Å². The molecular formula is C20H25N3O3. The Bertz CT molecular complexity index is 859. The van der Waals surface area contributed by atoms with Gasteiger partial charge in [0.25, 0.3) is 0 Å². The zero-order valence-corrected chi connectivity index (χ0v) is 15.7. The first kappa shape index (κ1) is 16.9. The normalized spacial score (nSPS) is 15.8. The Morgan fingerprint density at radius 1 is 1.15 bits per heavy atom. The third-order valence-electron chi connectivity index (χ3n) is 4.70. The Morgan fingerprint density at radius 2 is 1.85 bits per heavy atom. The van der Waals surface area contributed by atoms with Crippen LogP contribution >= 0.6 is 0 Å².